The number of aryl methyl sites for hydroxylation is 1. The van der Waals surface area contributed by atoms with E-state index >= 15 is 0 Å². The Morgan fingerprint density at radius 3 is 2.06 bits per heavy atom. The second-order valence-electron chi connectivity index (χ2n) is 4.59. The Labute approximate surface area is 110 Å². The molecule has 2 aromatic carbocycles. The number of benzene rings is 2. The molecule has 0 aliphatic heterocycles. The Bertz CT molecular complexity index is 378. The lowest BCUT2D eigenvalue weighted by molar-refractivity contribution is 0.698. The molecule has 1 heteroatoms. The first kappa shape index (κ1) is 12.7. The SMILES string of the molecule is c1ccc(CCCCCNc2ccccc2)cc1. The third-order valence-electron chi connectivity index (χ3n) is 3.09. The minimum Gasteiger partial charge on any atom is -0.385 e. The number of unbranched alkanes of at least 4 members (excludes halogenated alkanes) is 2. The molecule has 0 amide bonds. The standard InChI is InChI=1S/C17H21N/c1-4-10-16(11-5-1)12-6-3-9-15-18-17-13-7-2-8-14-17/h1-2,4-5,7-8,10-11,13-14,18H,3,6,9,12,15H2. The van der Waals surface area contributed by atoms with Gasteiger partial charge in [0, 0.05) is 12.2 Å². The molecule has 1 nitrogen and oxygen atoms in total. The van der Waals surface area contributed by atoms with Crippen LogP contribution < -0.4 is 5.32 Å². The quantitative estimate of drug-likeness (QED) is 0.701. The Morgan fingerprint density at radius 2 is 1.33 bits per heavy atom. The summed E-state index contributed by atoms with van der Waals surface area (Å²) in [4.78, 5) is 0. The van der Waals surface area contributed by atoms with Crippen molar-refractivity contribution < 1.29 is 0 Å². The summed E-state index contributed by atoms with van der Waals surface area (Å²) in [5.74, 6) is 0. The van der Waals surface area contributed by atoms with E-state index in [1.54, 1.807) is 0 Å². The second-order valence-corrected chi connectivity index (χ2v) is 4.59. The van der Waals surface area contributed by atoms with Crippen molar-refractivity contribution in [3.05, 3.63) is 66.2 Å². The van der Waals surface area contributed by atoms with Crippen LogP contribution in [0, 0.1) is 0 Å². The smallest absolute Gasteiger partial charge is 0.0340 e. The molecule has 2 rings (SSSR count). The van der Waals surface area contributed by atoms with Crippen molar-refractivity contribution in [2.75, 3.05) is 11.9 Å². The van der Waals surface area contributed by atoms with Gasteiger partial charge in [-0.05, 0) is 37.0 Å². The fraction of sp³-hybridized carbons (Fsp3) is 0.294. The first-order valence-electron chi connectivity index (χ1n) is 6.78. The topological polar surface area (TPSA) is 12.0 Å². The van der Waals surface area contributed by atoms with Crippen LogP contribution in [0.3, 0.4) is 0 Å². The zero-order valence-electron chi connectivity index (χ0n) is 10.8. The molecule has 0 radical (unpaired) electrons. The van der Waals surface area contributed by atoms with Crippen LogP contribution in [0.2, 0.25) is 0 Å². The normalized spacial score (nSPS) is 10.2. The van der Waals surface area contributed by atoms with E-state index in [4.69, 9.17) is 0 Å². The van der Waals surface area contributed by atoms with E-state index in [9.17, 15) is 0 Å². The van der Waals surface area contributed by atoms with Crippen LogP contribution in [0.4, 0.5) is 5.69 Å². The van der Waals surface area contributed by atoms with Gasteiger partial charge in [0.25, 0.3) is 0 Å². The highest BCUT2D eigenvalue weighted by atomic mass is 14.9. The molecule has 2 aromatic rings. The van der Waals surface area contributed by atoms with Gasteiger partial charge in [-0.25, -0.2) is 0 Å². The summed E-state index contributed by atoms with van der Waals surface area (Å²) >= 11 is 0. The zero-order chi connectivity index (χ0) is 12.5. The molecular formula is C17H21N. The average molecular weight is 239 g/mol. The van der Waals surface area contributed by atoms with E-state index in [1.165, 1.54) is 36.9 Å². The predicted molar refractivity (Wildman–Crippen MR) is 78.9 cm³/mol. The largest absolute Gasteiger partial charge is 0.385 e. The van der Waals surface area contributed by atoms with Crippen molar-refractivity contribution in [3.8, 4) is 0 Å². The number of anilines is 1. The van der Waals surface area contributed by atoms with Gasteiger partial charge in [-0.2, -0.15) is 0 Å². The molecule has 0 atom stereocenters. The molecule has 0 heterocycles. The summed E-state index contributed by atoms with van der Waals surface area (Å²) < 4.78 is 0. The van der Waals surface area contributed by atoms with Crippen LogP contribution in [-0.4, -0.2) is 6.54 Å². The van der Waals surface area contributed by atoms with E-state index in [0.29, 0.717) is 0 Å². The maximum Gasteiger partial charge on any atom is 0.0340 e. The van der Waals surface area contributed by atoms with Gasteiger partial charge < -0.3 is 5.32 Å². The zero-order valence-corrected chi connectivity index (χ0v) is 10.8. The molecule has 0 bridgehead atoms. The molecule has 0 unspecified atom stereocenters. The Kier molecular flexibility index (Phi) is 5.32. The van der Waals surface area contributed by atoms with Gasteiger partial charge in [0.2, 0.25) is 0 Å². The highest BCUT2D eigenvalue weighted by Gasteiger charge is 1.93. The van der Waals surface area contributed by atoms with Crippen LogP contribution in [-0.2, 0) is 6.42 Å². The summed E-state index contributed by atoms with van der Waals surface area (Å²) in [6.07, 6.45) is 5.00. The van der Waals surface area contributed by atoms with Gasteiger partial charge in [0.1, 0.15) is 0 Å². The highest BCUT2D eigenvalue weighted by molar-refractivity contribution is 5.42. The Balaban J connectivity index is 1.54. The van der Waals surface area contributed by atoms with E-state index in [2.05, 4.69) is 59.9 Å². The van der Waals surface area contributed by atoms with Crippen LogP contribution in [0.25, 0.3) is 0 Å². The Hall–Kier alpha value is -1.76. The second kappa shape index (κ2) is 7.54. The van der Waals surface area contributed by atoms with Gasteiger partial charge in [-0.3, -0.25) is 0 Å². The lowest BCUT2D eigenvalue weighted by Crippen LogP contribution is -2.01. The fourth-order valence-corrected chi connectivity index (χ4v) is 2.06. The lowest BCUT2D eigenvalue weighted by atomic mass is 10.1. The van der Waals surface area contributed by atoms with Crippen LogP contribution in [0.15, 0.2) is 60.7 Å². The third kappa shape index (κ3) is 4.62. The molecule has 1 N–H and O–H groups in total. The monoisotopic (exact) mass is 239 g/mol. The molecule has 0 aliphatic rings. The molecule has 18 heavy (non-hydrogen) atoms. The van der Waals surface area contributed by atoms with Crippen molar-refractivity contribution in [2.45, 2.75) is 25.7 Å². The van der Waals surface area contributed by atoms with E-state index in [-0.39, 0.29) is 0 Å². The van der Waals surface area contributed by atoms with Crippen molar-refractivity contribution in [2.24, 2.45) is 0 Å². The maximum atomic E-state index is 3.44. The molecule has 0 saturated heterocycles. The third-order valence-corrected chi connectivity index (χ3v) is 3.09. The van der Waals surface area contributed by atoms with E-state index in [0.717, 1.165) is 6.54 Å². The first-order valence-corrected chi connectivity index (χ1v) is 6.78. The summed E-state index contributed by atoms with van der Waals surface area (Å²) in [5, 5.41) is 3.44. The maximum absolute atomic E-state index is 3.44. The van der Waals surface area contributed by atoms with Gasteiger partial charge in [0.05, 0.1) is 0 Å². The summed E-state index contributed by atoms with van der Waals surface area (Å²) in [5.41, 5.74) is 2.68. The first-order chi connectivity index (χ1) is 8.95. The van der Waals surface area contributed by atoms with Gasteiger partial charge in [-0.15, -0.1) is 0 Å². The van der Waals surface area contributed by atoms with Gasteiger partial charge in [-0.1, -0.05) is 55.0 Å². The van der Waals surface area contributed by atoms with Crippen molar-refractivity contribution in [3.63, 3.8) is 0 Å². The minimum absolute atomic E-state index is 1.07. The molecule has 0 aliphatic carbocycles. The summed E-state index contributed by atoms with van der Waals surface area (Å²) in [6.45, 7) is 1.07. The van der Waals surface area contributed by atoms with Crippen LogP contribution >= 0.6 is 0 Å². The summed E-state index contributed by atoms with van der Waals surface area (Å²) in [7, 11) is 0. The minimum atomic E-state index is 1.07. The molecule has 0 saturated carbocycles. The van der Waals surface area contributed by atoms with Crippen LogP contribution in [0.1, 0.15) is 24.8 Å². The van der Waals surface area contributed by atoms with E-state index < -0.39 is 0 Å². The number of hydrogen-bond acceptors (Lipinski definition) is 1. The molecule has 0 aromatic heterocycles. The van der Waals surface area contributed by atoms with Crippen LogP contribution in [0.5, 0.6) is 0 Å². The van der Waals surface area contributed by atoms with Crippen molar-refractivity contribution in [1.82, 2.24) is 0 Å². The molecular weight excluding hydrogens is 218 g/mol. The molecule has 0 spiro atoms. The number of nitrogens with one attached hydrogen (secondary N) is 1. The number of rotatable bonds is 7. The van der Waals surface area contributed by atoms with Gasteiger partial charge in [0.15, 0.2) is 0 Å². The molecule has 0 fully saturated rings. The highest BCUT2D eigenvalue weighted by Crippen LogP contribution is 2.08. The average Bonchev–Trinajstić information content (AvgIpc) is 2.45. The van der Waals surface area contributed by atoms with Crippen molar-refractivity contribution >= 4 is 5.69 Å². The molecule has 94 valence electrons. The number of hydrogen-bond donors (Lipinski definition) is 1. The van der Waals surface area contributed by atoms with Crippen molar-refractivity contribution in [1.29, 1.82) is 0 Å². The summed E-state index contributed by atoms with van der Waals surface area (Å²) in [6, 6.07) is 21.1. The fourth-order valence-electron chi connectivity index (χ4n) is 2.06. The van der Waals surface area contributed by atoms with Gasteiger partial charge >= 0.3 is 0 Å². The van der Waals surface area contributed by atoms with E-state index in [1.807, 2.05) is 6.07 Å². The Morgan fingerprint density at radius 1 is 0.667 bits per heavy atom. The lowest BCUT2D eigenvalue weighted by Gasteiger charge is -2.06. The number of para-hydroxylation sites is 1. The predicted octanol–water partition coefficient (Wildman–Crippen LogP) is 4.51.